The highest BCUT2D eigenvalue weighted by Gasteiger charge is 2.35. The lowest BCUT2D eigenvalue weighted by Gasteiger charge is -2.16. The molecule has 1 aliphatic heterocycles. The molecule has 1 aromatic heterocycles. The van der Waals surface area contributed by atoms with Crippen LogP contribution in [0.15, 0.2) is 60.9 Å². The zero-order valence-corrected chi connectivity index (χ0v) is 16.7. The van der Waals surface area contributed by atoms with Crippen molar-refractivity contribution in [1.29, 1.82) is 5.41 Å². The average molecular weight is 428 g/mol. The largest absolute Gasteiger partial charge is 0.491 e. The number of nitrogens with two attached hydrogens (primary N) is 1. The summed E-state index contributed by atoms with van der Waals surface area (Å²) < 4.78 is 25.2. The molecule has 154 valence electrons. The number of hydrogen-bond donors (Lipinski definition) is 3. The predicted octanol–water partition coefficient (Wildman–Crippen LogP) is 2.51. The van der Waals surface area contributed by atoms with Gasteiger partial charge in [0.15, 0.2) is 0 Å². The van der Waals surface area contributed by atoms with Crippen molar-refractivity contribution in [3.63, 3.8) is 0 Å². The van der Waals surface area contributed by atoms with Gasteiger partial charge in [0.2, 0.25) is 0 Å². The van der Waals surface area contributed by atoms with Gasteiger partial charge in [-0.15, -0.1) is 12.4 Å². The molecule has 0 saturated carbocycles. The number of benzene rings is 2. The van der Waals surface area contributed by atoms with Crippen molar-refractivity contribution in [3.05, 3.63) is 89.0 Å². The van der Waals surface area contributed by atoms with E-state index in [4.69, 9.17) is 20.5 Å². The van der Waals surface area contributed by atoms with Crippen molar-refractivity contribution >= 4 is 30.8 Å². The first-order valence-corrected chi connectivity index (χ1v) is 9.13. The molecule has 2 heterocycles. The van der Waals surface area contributed by atoms with E-state index in [9.17, 15) is 9.41 Å². The maximum atomic E-state index is 13.7. The molecule has 1 atom stereocenters. The molecule has 6 nitrogen and oxygen atoms in total. The van der Waals surface area contributed by atoms with Crippen molar-refractivity contribution in [2.45, 2.75) is 19.1 Å². The van der Waals surface area contributed by atoms with Crippen LogP contribution in [0.25, 0.3) is 0 Å². The number of nitrogens with zero attached hydrogens (tertiary/aromatic N) is 1. The van der Waals surface area contributed by atoms with Crippen molar-refractivity contribution < 1.29 is 18.8 Å². The minimum absolute atomic E-state index is 0. The Hall–Kier alpha value is -2.94. The van der Waals surface area contributed by atoms with E-state index in [1.807, 2.05) is 18.2 Å². The van der Waals surface area contributed by atoms with Crippen LogP contribution in [0.4, 0.5) is 4.39 Å². The second-order valence-corrected chi connectivity index (χ2v) is 6.85. The summed E-state index contributed by atoms with van der Waals surface area (Å²) in [5.74, 6) is -0.00609. The van der Waals surface area contributed by atoms with Gasteiger partial charge in [0, 0.05) is 24.4 Å². The van der Waals surface area contributed by atoms with E-state index in [2.05, 4.69) is 4.98 Å². The van der Waals surface area contributed by atoms with Crippen LogP contribution in [0.3, 0.4) is 0 Å². The number of rotatable bonds is 6. The van der Waals surface area contributed by atoms with Crippen LogP contribution in [-0.2, 0) is 17.7 Å². The quantitative estimate of drug-likeness (QED) is 0.319. The number of fused-ring (bicyclic) bond motifs is 1. The highest BCUT2D eigenvalue weighted by atomic mass is 35.5. The lowest BCUT2D eigenvalue weighted by molar-refractivity contribution is 0.190. The number of pyridine rings is 1. The fourth-order valence-electron chi connectivity index (χ4n) is 3.40. The molecule has 4 rings (SSSR count). The Bertz CT molecular complexity index is 1050. The number of ether oxygens (including phenoxy) is 1. The van der Waals surface area contributed by atoms with Crippen LogP contribution in [0.5, 0.6) is 5.75 Å². The second-order valence-electron chi connectivity index (χ2n) is 6.85. The summed E-state index contributed by atoms with van der Waals surface area (Å²) in [6.07, 6.45) is 3.32. The molecule has 1 aliphatic rings. The molecule has 0 saturated heterocycles. The summed E-state index contributed by atoms with van der Waals surface area (Å²) in [5.41, 5.74) is 9.11. The molecular formula is C21H20BClFN3O3. The molecule has 30 heavy (non-hydrogen) atoms. The summed E-state index contributed by atoms with van der Waals surface area (Å²) in [6.45, 7) is 0.282. The molecule has 0 amide bonds. The third-order valence-electron chi connectivity index (χ3n) is 4.83. The fourth-order valence-corrected chi connectivity index (χ4v) is 3.40. The zero-order valence-electron chi connectivity index (χ0n) is 15.9. The topological polar surface area (TPSA) is 101 Å². The lowest BCUT2D eigenvalue weighted by Crippen LogP contribution is -2.27. The van der Waals surface area contributed by atoms with Gasteiger partial charge in [-0.25, -0.2) is 4.39 Å². The van der Waals surface area contributed by atoms with Crippen LogP contribution in [0.2, 0.25) is 0 Å². The number of nitrogen functional groups attached to an aromatic ring is 1. The Morgan fingerprint density at radius 2 is 2.07 bits per heavy atom. The molecule has 0 aliphatic carbocycles. The van der Waals surface area contributed by atoms with Gasteiger partial charge in [-0.1, -0.05) is 18.2 Å². The molecule has 0 bridgehead atoms. The Labute approximate surface area is 179 Å². The van der Waals surface area contributed by atoms with Crippen molar-refractivity contribution in [2.75, 3.05) is 0 Å². The monoisotopic (exact) mass is 427 g/mol. The average Bonchev–Trinajstić information content (AvgIpc) is 3.01. The van der Waals surface area contributed by atoms with Gasteiger partial charge in [0.25, 0.3) is 0 Å². The van der Waals surface area contributed by atoms with E-state index in [0.717, 1.165) is 11.1 Å². The zero-order chi connectivity index (χ0) is 20.4. The normalized spacial score (nSPS) is 14.7. The third kappa shape index (κ3) is 4.62. The van der Waals surface area contributed by atoms with E-state index in [0.29, 0.717) is 28.8 Å². The van der Waals surface area contributed by atoms with E-state index in [1.165, 1.54) is 18.2 Å². The summed E-state index contributed by atoms with van der Waals surface area (Å²) in [6, 6.07) is 13.3. The molecule has 3 aromatic rings. The Morgan fingerprint density at radius 1 is 1.23 bits per heavy atom. The number of amidine groups is 1. The van der Waals surface area contributed by atoms with Gasteiger partial charge < -0.3 is 20.1 Å². The highest BCUT2D eigenvalue weighted by Crippen LogP contribution is 2.30. The first-order valence-electron chi connectivity index (χ1n) is 9.13. The van der Waals surface area contributed by atoms with Gasteiger partial charge in [-0.2, -0.15) is 0 Å². The van der Waals surface area contributed by atoms with Crippen LogP contribution in [0, 0.1) is 11.2 Å². The van der Waals surface area contributed by atoms with Crippen LogP contribution in [-0.4, -0.2) is 23.0 Å². The molecule has 0 fully saturated rings. The minimum Gasteiger partial charge on any atom is -0.488 e. The predicted molar refractivity (Wildman–Crippen MR) is 115 cm³/mol. The van der Waals surface area contributed by atoms with Crippen LogP contribution >= 0.6 is 12.4 Å². The third-order valence-corrected chi connectivity index (χ3v) is 4.83. The first kappa shape index (κ1) is 21.8. The molecule has 4 N–H and O–H groups in total. The van der Waals surface area contributed by atoms with E-state index < -0.39 is 13.2 Å². The van der Waals surface area contributed by atoms with E-state index in [1.54, 1.807) is 24.5 Å². The van der Waals surface area contributed by atoms with E-state index >= 15 is 0 Å². The van der Waals surface area contributed by atoms with Crippen molar-refractivity contribution in [1.82, 2.24) is 4.98 Å². The molecule has 9 heteroatoms. The van der Waals surface area contributed by atoms with Gasteiger partial charge >= 0.3 is 7.12 Å². The number of hydrogen-bond acceptors (Lipinski definition) is 5. The second kappa shape index (κ2) is 9.25. The van der Waals surface area contributed by atoms with Gasteiger partial charge in [0.05, 0.1) is 11.7 Å². The highest BCUT2D eigenvalue weighted by molar-refractivity contribution is 6.61. The van der Waals surface area contributed by atoms with Crippen molar-refractivity contribution in [3.8, 4) is 5.75 Å². The summed E-state index contributed by atoms with van der Waals surface area (Å²) >= 11 is 0. The molecule has 2 aromatic carbocycles. The van der Waals surface area contributed by atoms with Gasteiger partial charge in [-0.3, -0.25) is 10.4 Å². The maximum Gasteiger partial charge on any atom is 0.491 e. The Balaban J connectivity index is 0.00000256. The SMILES string of the molecule is Cl.N=C(N)c1ccc(CC2OB(O)c3ccc(F)cc32)cc1OCc1cccnc1. The maximum absolute atomic E-state index is 13.7. The standard InChI is InChI=1S/C21H19BFN3O3.ClH/c23-15-4-6-18-17(10-15)20(29-22(18)27)9-13-3-5-16(21(24)25)19(8-13)28-12-14-2-1-7-26-11-14;/h1-8,10-11,20,27H,9,12H2,(H3,24,25);1H. The van der Waals surface area contributed by atoms with Gasteiger partial charge in [-0.05, 0) is 46.9 Å². The number of aromatic nitrogens is 1. The lowest BCUT2D eigenvalue weighted by atomic mass is 9.79. The molecular weight excluding hydrogens is 408 g/mol. The Morgan fingerprint density at radius 3 is 2.80 bits per heavy atom. The summed E-state index contributed by atoms with van der Waals surface area (Å²) in [4.78, 5) is 4.06. The molecule has 1 unspecified atom stereocenters. The minimum atomic E-state index is -1.08. The Kier molecular flexibility index (Phi) is 6.71. The van der Waals surface area contributed by atoms with Crippen LogP contribution in [0.1, 0.15) is 28.4 Å². The number of nitrogens with one attached hydrogen (secondary N) is 1. The molecule has 0 radical (unpaired) electrons. The first-order chi connectivity index (χ1) is 14.0. The summed E-state index contributed by atoms with van der Waals surface area (Å²) in [5, 5.41) is 17.9. The van der Waals surface area contributed by atoms with Crippen molar-refractivity contribution in [2.24, 2.45) is 5.73 Å². The number of halogens is 2. The smallest absolute Gasteiger partial charge is 0.488 e. The van der Waals surface area contributed by atoms with Crippen LogP contribution < -0.4 is 15.9 Å². The molecule has 0 spiro atoms. The van der Waals surface area contributed by atoms with E-state index in [-0.39, 0.29) is 30.7 Å². The summed E-state index contributed by atoms with van der Waals surface area (Å²) in [7, 11) is -1.08. The van der Waals surface area contributed by atoms with Gasteiger partial charge in [0.1, 0.15) is 24.0 Å². The fraction of sp³-hybridized carbons (Fsp3) is 0.143.